The Labute approximate surface area is 139 Å². The summed E-state index contributed by atoms with van der Waals surface area (Å²) >= 11 is 0. The fraction of sp³-hybridized carbons (Fsp3) is 0.650. The Kier molecular flexibility index (Phi) is 4.26. The zero-order valence-electron chi connectivity index (χ0n) is 14.6. The number of hydrogen-bond donors (Lipinski definition) is 1. The van der Waals surface area contributed by atoms with Crippen LogP contribution in [0.4, 0.5) is 0 Å². The molecule has 126 valence electrons. The summed E-state index contributed by atoms with van der Waals surface area (Å²) in [7, 11) is 0. The van der Waals surface area contributed by atoms with E-state index in [1.54, 1.807) is 6.92 Å². The molecule has 0 bridgehead atoms. The largest absolute Gasteiger partial charge is 0.423 e. The first kappa shape index (κ1) is 16.5. The third-order valence-electron chi connectivity index (χ3n) is 6.49. The van der Waals surface area contributed by atoms with Crippen molar-refractivity contribution in [3.8, 4) is 0 Å². The monoisotopic (exact) mass is 316 g/mol. The van der Waals surface area contributed by atoms with E-state index < -0.39 is 0 Å². The summed E-state index contributed by atoms with van der Waals surface area (Å²) in [6.45, 7) is 8.38. The van der Waals surface area contributed by atoms with E-state index in [0.717, 1.165) is 18.4 Å². The summed E-state index contributed by atoms with van der Waals surface area (Å²) in [5.74, 6) is 1.94. The minimum absolute atomic E-state index is 0.177. The van der Waals surface area contributed by atoms with Gasteiger partial charge >= 0.3 is 5.97 Å². The van der Waals surface area contributed by atoms with Crippen LogP contribution in [0.15, 0.2) is 35.1 Å². The van der Waals surface area contributed by atoms with Crippen LogP contribution in [0.5, 0.6) is 0 Å². The highest BCUT2D eigenvalue weighted by molar-refractivity contribution is 5.92. The number of carbonyl (C=O) groups is 1. The fourth-order valence-electron chi connectivity index (χ4n) is 4.90. The predicted molar refractivity (Wildman–Crippen MR) is 90.4 cm³/mol. The average molecular weight is 316 g/mol. The Balaban J connectivity index is 1.84. The average Bonchev–Trinajstić information content (AvgIpc) is 2.96. The lowest BCUT2D eigenvalue weighted by Crippen LogP contribution is -2.39. The molecular formula is C20H28O3. The number of esters is 1. The van der Waals surface area contributed by atoms with Gasteiger partial charge in [0.05, 0.1) is 6.10 Å². The maximum atomic E-state index is 11.5. The molecule has 0 aromatic carbocycles. The molecule has 0 radical (unpaired) electrons. The van der Waals surface area contributed by atoms with E-state index in [1.165, 1.54) is 12.8 Å². The summed E-state index contributed by atoms with van der Waals surface area (Å²) in [5, 5.41) is 10.4. The number of carbonyl (C=O) groups excluding carboxylic acids is 1. The topological polar surface area (TPSA) is 46.5 Å². The fourth-order valence-corrected chi connectivity index (χ4v) is 4.90. The number of ether oxygens (including phenoxy) is 1. The zero-order valence-corrected chi connectivity index (χ0v) is 14.6. The number of aliphatic hydroxyl groups is 1. The van der Waals surface area contributed by atoms with Crippen molar-refractivity contribution in [2.75, 3.05) is 0 Å². The van der Waals surface area contributed by atoms with E-state index in [9.17, 15) is 9.90 Å². The minimum atomic E-state index is -0.307. The molecule has 23 heavy (non-hydrogen) atoms. The number of hydrogen-bond acceptors (Lipinski definition) is 3. The van der Waals surface area contributed by atoms with Gasteiger partial charge in [0.1, 0.15) is 5.76 Å². The molecular weight excluding hydrogens is 288 g/mol. The van der Waals surface area contributed by atoms with Gasteiger partial charge in [-0.05, 0) is 80.4 Å². The second-order valence-electron chi connectivity index (χ2n) is 7.84. The maximum absolute atomic E-state index is 11.5. The number of allylic oxidation sites excluding steroid dienone is 3. The molecule has 1 spiro atoms. The van der Waals surface area contributed by atoms with Crippen molar-refractivity contribution < 1.29 is 14.6 Å². The van der Waals surface area contributed by atoms with Crippen molar-refractivity contribution in [1.29, 1.82) is 0 Å². The van der Waals surface area contributed by atoms with Gasteiger partial charge in [0.25, 0.3) is 0 Å². The van der Waals surface area contributed by atoms with E-state index in [2.05, 4.69) is 26.0 Å². The molecule has 3 nitrogen and oxygen atoms in total. The van der Waals surface area contributed by atoms with Gasteiger partial charge in [-0.25, -0.2) is 4.79 Å². The van der Waals surface area contributed by atoms with Gasteiger partial charge in [0.15, 0.2) is 0 Å². The predicted octanol–water partition coefficient (Wildman–Crippen LogP) is 4.14. The first-order valence-corrected chi connectivity index (χ1v) is 8.80. The van der Waals surface area contributed by atoms with E-state index in [-0.39, 0.29) is 17.5 Å². The standard InChI is InChI=1S/C20H28O3/c1-12-7-8-20(11-18(12)21)15(4)5-6-17(20)13(2)9-16-10-14(3)19(22)23-16/h7,9-10,13,15,17-18,21H,5-6,8,11H2,1-4H3/b16-9-/t13-,15+,17-,18+,20+/m1/s1. The Morgan fingerprint density at radius 1 is 1.39 bits per heavy atom. The second kappa shape index (κ2) is 5.94. The second-order valence-corrected chi connectivity index (χ2v) is 7.84. The lowest BCUT2D eigenvalue weighted by molar-refractivity contribution is -0.133. The van der Waals surface area contributed by atoms with Crippen molar-refractivity contribution in [3.05, 3.63) is 35.1 Å². The molecule has 0 saturated heterocycles. The number of rotatable bonds is 2. The first-order chi connectivity index (χ1) is 10.8. The van der Waals surface area contributed by atoms with Crippen molar-refractivity contribution in [3.63, 3.8) is 0 Å². The van der Waals surface area contributed by atoms with Crippen LogP contribution in [0.3, 0.4) is 0 Å². The van der Waals surface area contributed by atoms with Gasteiger partial charge in [0, 0.05) is 5.57 Å². The van der Waals surface area contributed by atoms with Crippen molar-refractivity contribution in [1.82, 2.24) is 0 Å². The molecule has 0 aromatic rings. The maximum Gasteiger partial charge on any atom is 0.339 e. The van der Waals surface area contributed by atoms with Gasteiger partial charge < -0.3 is 9.84 Å². The van der Waals surface area contributed by atoms with Gasteiger partial charge in [-0.2, -0.15) is 0 Å². The third-order valence-corrected chi connectivity index (χ3v) is 6.49. The van der Waals surface area contributed by atoms with Crippen LogP contribution in [-0.2, 0) is 9.53 Å². The highest BCUT2D eigenvalue weighted by Crippen LogP contribution is 2.58. The Morgan fingerprint density at radius 2 is 2.13 bits per heavy atom. The summed E-state index contributed by atoms with van der Waals surface area (Å²) in [5.41, 5.74) is 1.96. The van der Waals surface area contributed by atoms with Crippen molar-refractivity contribution in [2.45, 2.75) is 59.5 Å². The molecule has 3 aliphatic rings. The third kappa shape index (κ3) is 2.80. The molecule has 0 unspecified atom stereocenters. The summed E-state index contributed by atoms with van der Waals surface area (Å²) in [6.07, 6.45) is 10.2. The summed E-state index contributed by atoms with van der Waals surface area (Å²) in [6, 6.07) is 0. The molecule has 1 heterocycles. The minimum Gasteiger partial charge on any atom is -0.423 e. The van der Waals surface area contributed by atoms with Crippen LogP contribution in [-0.4, -0.2) is 17.2 Å². The smallest absolute Gasteiger partial charge is 0.339 e. The normalized spacial score (nSPS) is 40.3. The van der Waals surface area contributed by atoms with E-state index in [4.69, 9.17) is 4.74 Å². The Hall–Kier alpha value is -1.35. The molecule has 0 aromatic heterocycles. The van der Waals surface area contributed by atoms with Crippen LogP contribution in [0, 0.1) is 23.2 Å². The molecule has 2 aliphatic carbocycles. The van der Waals surface area contributed by atoms with Crippen LogP contribution in [0.1, 0.15) is 53.4 Å². The van der Waals surface area contributed by atoms with Crippen LogP contribution in [0.25, 0.3) is 0 Å². The lowest BCUT2D eigenvalue weighted by atomic mass is 9.61. The highest BCUT2D eigenvalue weighted by Gasteiger charge is 2.51. The lowest BCUT2D eigenvalue weighted by Gasteiger charge is -2.45. The van der Waals surface area contributed by atoms with Gasteiger partial charge in [0.2, 0.25) is 0 Å². The molecule has 3 rings (SSSR count). The van der Waals surface area contributed by atoms with E-state index in [1.807, 2.05) is 13.0 Å². The van der Waals surface area contributed by atoms with Crippen molar-refractivity contribution in [2.24, 2.45) is 23.2 Å². The van der Waals surface area contributed by atoms with E-state index in [0.29, 0.717) is 29.1 Å². The highest BCUT2D eigenvalue weighted by atomic mass is 16.5. The molecule has 1 fully saturated rings. The molecule has 3 heteroatoms. The number of cyclic esters (lactones) is 1. The SMILES string of the molecule is CC1=C/C(=C/[C@@H](C)[C@H]2CC[C@H](C)[C@@]23CC=C(C)[C@@H](O)C3)OC1=O. The molecule has 1 aliphatic heterocycles. The van der Waals surface area contributed by atoms with Crippen LogP contribution < -0.4 is 0 Å². The van der Waals surface area contributed by atoms with Gasteiger partial charge in [-0.3, -0.25) is 0 Å². The molecule has 5 atom stereocenters. The Bertz CT molecular complexity index is 598. The molecule has 1 N–H and O–H groups in total. The zero-order chi connectivity index (χ0) is 16.8. The summed E-state index contributed by atoms with van der Waals surface area (Å²) in [4.78, 5) is 11.5. The van der Waals surface area contributed by atoms with Gasteiger partial charge in [-0.15, -0.1) is 0 Å². The Morgan fingerprint density at radius 3 is 2.74 bits per heavy atom. The first-order valence-electron chi connectivity index (χ1n) is 8.80. The number of aliphatic hydroxyl groups excluding tert-OH is 1. The molecule has 1 saturated carbocycles. The van der Waals surface area contributed by atoms with Crippen molar-refractivity contribution >= 4 is 5.97 Å². The van der Waals surface area contributed by atoms with E-state index >= 15 is 0 Å². The summed E-state index contributed by atoms with van der Waals surface area (Å²) < 4.78 is 5.31. The van der Waals surface area contributed by atoms with Crippen LogP contribution >= 0.6 is 0 Å². The van der Waals surface area contributed by atoms with Crippen LogP contribution in [0.2, 0.25) is 0 Å². The molecule has 0 amide bonds. The van der Waals surface area contributed by atoms with Gasteiger partial charge in [-0.1, -0.05) is 19.9 Å². The quantitative estimate of drug-likeness (QED) is 0.615.